The number of aryl methyl sites for hydroxylation is 3. The Labute approximate surface area is 131 Å². The van der Waals surface area contributed by atoms with Crippen molar-refractivity contribution < 1.29 is 0 Å². The molecule has 0 saturated heterocycles. The number of rotatable bonds is 5. The topological polar surface area (TPSA) is 54.7 Å². The van der Waals surface area contributed by atoms with E-state index in [4.69, 9.17) is 5.73 Å². The molecule has 3 N–H and O–H groups in total. The molecule has 0 amide bonds. The summed E-state index contributed by atoms with van der Waals surface area (Å²) in [5, 5.41) is 1.33. The number of unbranched alkanes of at least 4 members (excludes halogenated alkanes) is 1. The number of nitrogens with two attached hydrogens (primary N) is 1. The summed E-state index contributed by atoms with van der Waals surface area (Å²) in [7, 11) is 0. The highest BCUT2D eigenvalue weighted by molar-refractivity contribution is 5.92. The van der Waals surface area contributed by atoms with Crippen molar-refractivity contribution in [2.45, 2.75) is 33.1 Å². The Balaban J connectivity index is 2.17. The van der Waals surface area contributed by atoms with Crippen molar-refractivity contribution in [3.8, 4) is 11.4 Å². The molecule has 0 bridgehead atoms. The average molecular weight is 293 g/mol. The first-order valence-electron chi connectivity index (χ1n) is 7.94. The molecule has 0 fully saturated rings. The average Bonchev–Trinajstić information content (AvgIpc) is 2.88. The van der Waals surface area contributed by atoms with E-state index in [0.717, 1.165) is 37.2 Å². The standard InChI is InChI=1S/C19H23N3/c1-13-11-14(2)18-16(12-13)15(7-3-5-9-20)19(22-18)17-8-4-6-10-21-17/h4,6,8,10-12,22H,3,5,7,9,20H2,1-2H3. The summed E-state index contributed by atoms with van der Waals surface area (Å²) in [6.07, 6.45) is 5.05. The number of hydrogen-bond donors (Lipinski definition) is 2. The lowest BCUT2D eigenvalue weighted by Gasteiger charge is -2.05. The van der Waals surface area contributed by atoms with Crippen molar-refractivity contribution in [3.05, 3.63) is 53.2 Å². The van der Waals surface area contributed by atoms with Crippen LogP contribution in [0, 0.1) is 13.8 Å². The Bertz CT molecular complexity index is 772. The molecule has 0 aliphatic heterocycles. The lowest BCUT2D eigenvalue weighted by Crippen LogP contribution is -1.99. The van der Waals surface area contributed by atoms with E-state index >= 15 is 0 Å². The van der Waals surface area contributed by atoms with Gasteiger partial charge in [-0.25, -0.2) is 0 Å². The van der Waals surface area contributed by atoms with Gasteiger partial charge in [0.05, 0.1) is 11.4 Å². The Kier molecular flexibility index (Phi) is 4.25. The molecule has 0 unspecified atom stereocenters. The largest absolute Gasteiger partial charge is 0.353 e. The SMILES string of the molecule is Cc1cc(C)c2[nH]c(-c3ccccn3)c(CCCCN)c2c1. The quantitative estimate of drug-likeness (QED) is 0.695. The maximum absolute atomic E-state index is 5.66. The minimum atomic E-state index is 0.749. The van der Waals surface area contributed by atoms with Gasteiger partial charge >= 0.3 is 0 Å². The van der Waals surface area contributed by atoms with Crippen LogP contribution >= 0.6 is 0 Å². The van der Waals surface area contributed by atoms with Crippen molar-refractivity contribution in [1.82, 2.24) is 9.97 Å². The number of fused-ring (bicyclic) bond motifs is 1. The third-order valence-electron chi connectivity index (χ3n) is 4.16. The zero-order chi connectivity index (χ0) is 15.5. The van der Waals surface area contributed by atoms with Crippen LogP contribution in [0.2, 0.25) is 0 Å². The summed E-state index contributed by atoms with van der Waals surface area (Å²) in [5.74, 6) is 0. The first-order valence-corrected chi connectivity index (χ1v) is 7.94. The van der Waals surface area contributed by atoms with Crippen LogP contribution in [0.4, 0.5) is 0 Å². The maximum Gasteiger partial charge on any atom is 0.0867 e. The van der Waals surface area contributed by atoms with Gasteiger partial charge in [0.2, 0.25) is 0 Å². The molecular weight excluding hydrogens is 270 g/mol. The molecule has 0 radical (unpaired) electrons. The van der Waals surface area contributed by atoms with Gasteiger partial charge in [0.25, 0.3) is 0 Å². The Hall–Kier alpha value is -2.13. The minimum Gasteiger partial charge on any atom is -0.353 e. The molecule has 0 aliphatic rings. The smallest absolute Gasteiger partial charge is 0.0867 e. The third-order valence-corrected chi connectivity index (χ3v) is 4.16. The fraction of sp³-hybridized carbons (Fsp3) is 0.316. The van der Waals surface area contributed by atoms with Crippen LogP contribution in [0.5, 0.6) is 0 Å². The number of nitrogens with one attached hydrogen (secondary N) is 1. The summed E-state index contributed by atoms with van der Waals surface area (Å²) in [4.78, 5) is 8.14. The van der Waals surface area contributed by atoms with E-state index in [1.165, 1.54) is 27.6 Å². The highest BCUT2D eigenvalue weighted by Crippen LogP contribution is 2.32. The molecule has 114 valence electrons. The van der Waals surface area contributed by atoms with Gasteiger partial charge in [-0.15, -0.1) is 0 Å². The zero-order valence-electron chi connectivity index (χ0n) is 13.3. The summed E-state index contributed by atoms with van der Waals surface area (Å²) in [6.45, 7) is 5.07. The van der Waals surface area contributed by atoms with Crippen molar-refractivity contribution >= 4 is 10.9 Å². The van der Waals surface area contributed by atoms with Crippen LogP contribution in [0.15, 0.2) is 36.5 Å². The molecule has 2 heterocycles. The van der Waals surface area contributed by atoms with Gasteiger partial charge in [0.15, 0.2) is 0 Å². The summed E-state index contributed by atoms with van der Waals surface area (Å²) >= 11 is 0. The number of pyridine rings is 1. The molecular formula is C19H23N3. The number of nitrogens with zero attached hydrogens (tertiary/aromatic N) is 1. The van der Waals surface area contributed by atoms with Gasteiger partial charge in [-0.2, -0.15) is 0 Å². The highest BCUT2D eigenvalue weighted by Gasteiger charge is 2.15. The fourth-order valence-electron chi connectivity index (χ4n) is 3.14. The second-order valence-electron chi connectivity index (χ2n) is 5.94. The molecule has 3 aromatic rings. The van der Waals surface area contributed by atoms with E-state index in [1.807, 2.05) is 18.3 Å². The normalized spacial score (nSPS) is 11.2. The van der Waals surface area contributed by atoms with E-state index in [9.17, 15) is 0 Å². The van der Waals surface area contributed by atoms with Gasteiger partial charge < -0.3 is 10.7 Å². The Morgan fingerprint density at radius 2 is 2.00 bits per heavy atom. The Morgan fingerprint density at radius 3 is 2.73 bits per heavy atom. The molecule has 3 nitrogen and oxygen atoms in total. The van der Waals surface area contributed by atoms with E-state index < -0.39 is 0 Å². The van der Waals surface area contributed by atoms with Gasteiger partial charge in [0.1, 0.15) is 0 Å². The van der Waals surface area contributed by atoms with Crippen LogP contribution in [0.1, 0.15) is 29.5 Å². The van der Waals surface area contributed by atoms with E-state index in [-0.39, 0.29) is 0 Å². The molecule has 0 spiro atoms. The van der Waals surface area contributed by atoms with Crippen molar-refractivity contribution in [2.75, 3.05) is 6.54 Å². The molecule has 3 rings (SSSR count). The molecule has 3 heteroatoms. The summed E-state index contributed by atoms with van der Waals surface area (Å²) < 4.78 is 0. The van der Waals surface area contributed by atoms with Gasteiger partial charge in [0, 0.05) is 17.1 Å². The van der Waals surface area contributed by atoms with Crippen LogP contribution in [-0.2, 0) is 6.42 Å². The van der Waals surface area contributed by atoms with Crippen LogP contribution in [0.3, 0.4) is 0 Å². The van der Waals surface area contributed by atoms with Gasteiger partial charge in [-0.1, -0.05) is 17.7 Å². The number of hydrogen-bond acceptors (Lipinski definition) is 2. The number of H-pyrrole nitrogens is 1. The first-order chi connectivity index (χ1) is 10.7. The lowest BCUT2D eigenvalue weighted by atomic mass is 10.00. The van der Waals surface area contributed by atoms with Crippen molar-refractivity contribution in [1.29, 1.82) is 0 Å². The molecule has 2 aromatic heterocycles. The maximum atomic E-state index is 5.66. The number of aromatic amines is 1. The monoisotopic (exact) mass is 293 g/mol. The van der Waals surface area contributed by atoms with E-state index in [1.54, 1.807) is 0 Å². The summed E-state index contributed by atoms with van der Waals surface area (Å²) in [6, 6.07) is 10.6. The van der Waals surface area contributed by atoms with Gasteiger partial charge in [-0.05, 0) is 69.0 Å². The lowest BCUT2D eigenvalue weighted by molar-refractivity contribution is 0.748. The third kappa shape index (κ3) is 2.77. The van der Waals surface area contributed by atoms with E-state index in [2.05, 4.69) is 42.0 Å². The molecule has 0 saturated carbocycles. The molecule has 0 atom stereocenters. The van der Waals surface area contributed by atoms with Crippen LogP contribution in [-0.4, -0.2) is 16.5 Å². The zero-order valence-corrected chi connectivity index (χ0v) is 13.3. The van der Waals surface area contributed by atoms with E-state index in [0.29, 0.717) is 0 Å². The van der Waals surface area contributed by atoms with Gasteiger partial charge in [-0.3, -0.25) is 4.98 Å². The summed E-state index contributed by atoms with van der Waals surface area (Å²) in [5.41, 5.74) is 13.0. The number of aromatic nitrogens is 2. The molecule has 22 heavy (non-hydrogen) atoms. The highest BCUT2D eigenvalue weighted by atomic mass is 14.8. The first kappa shape index (κ1) is 14.8. The van der Waals surface area contributed by atoms with Crippen molar-refractivity contribution in [2.24, 2.45) is 5.73 Å². The second-order valence-corrected chi connectivity index (χ2v) is 5.94. The Morgan fingerprint density at radius 1 is 1.14 bits per heavy atom. The van der Waals surface area contributed by atoms with Crippen LogP contribution in [0.25, 0.3) is 22.3 Å². The predicted octanol–water partition coefficient (Wildman–Crippen LogP) is 4.13. The predicted molar refractivity (Wildman–Crippen MR) is 93.0 cm³/mol. The second kappa shape index (κ2) is 6.32. The minimum absolute atomic E-state index is 0.749. The van der Waals surface area contributed by atoms with Crippen LogP contribution < -0.4 is 5.73 Å². The fourth-order valence-corrected chi connectivity index (χ4v) is 3.14. The number of benzene rings is 1. The molecule has 1 aromatic carbocycles. The molecule has 0 aliphatic carbocycles. The van der Waals surface area contributed by atoms with Crippen molar-refractivity contribution in [3.63, 3.8) is 0 Å².